The maximum absolute atomic E-state index is 13.6. The topological polar surface area (TPSA) is 52.7 Å². The molecular formula is C32H31Cl3F3N3O2. The monoisotopic (exact) mass is 651 g/mol. The van der Waals surface area contributed by atoms with E-state index in [1.807, 2.05) is 48.5 Å². The maximum atomic E-state index is 13.6. The van der Waals surface area contributed by atoms with Crippen LogP contribution in [-0.4, -0.2) is 67.1 Å². The van der Waals surface area contributed by atoms with Gasteiger partial charge in [0.15, 0.2) is 0 Å². The summed E-state index contributed by atoms with van der Waals surface area (Å²) >= 11 is 18.6. The molecule has 2 amide bonds. The predicted octanol–water partition coefficient (Wildman–Crippen LogP) is 7.15. The minimum absolute atomic E-state index is 0.0691. The van der Waals surface area contributed by atoms with Gasteiger partial charge < -0.3 is 10.2 Å². The Morgan fingerprint density at radius 2 is 1.40 bits per heavy atom. The number of hydrogen-bond donors (Lipinski definition) is 1. The maximum Gasteiger partial charge on any atom is 0.405 e. The van der Waals surface area contributed by atoms with Crippen molar-refractivity contribution < 1.29 is 22.8 Å². The van der Waals surface area contributed by atoms with E-state index in [1.165, 1.54) is 0 Å². The van der Waals surface area contributed by atoms with Crippen LogP contribution >= 0.6 is 34.8 Å². The van der Waals surface area contributed by atoms with E-state index in [1.54, 1.807) is 17.0 Å². The molecule has 11 heteroatoms. The minimum atomic E-state index is -4.51. The number of alkyl halides is 3. The first-order chi connectivity index (χ1) is 20.5. The van der Waals surface area contributed by atoms with Gasteiger partial charge in [0.1, 0.15) is 12.0 Å². The van der Waals surface area contributed by atoms with Crippen molar-refractivity contribution in [1.82, 2.24) is 15.1 Å². The highest BCUT2D eigenvalue weighted by Crippen LogP contribution is 2.51. The summed E-state index contributed by atoms with van der Waals surface area (Å²) in [5.41, 5.74) is 2.55. The molecule has 43 heavy (non-hydrogen) atoms. The molecule has 0 radical (unpaired) electrons. The van der Waals surface area contributed by atoms with Crippen LogP contribution in [0.25, 0.3) is 11.1 Å². The third-order valence-electron chi connectivity index (χ3n) is 8.37. The van der Waals surface area contributed by atoms with Crippen molar-refractivity contribution in [2.45, 2.75) is 37.3 Å². The molecule has 0 saturated carbocycles. The molecule has 0 unspecified atom stereocenters. The van der Waals surface area contributed by atoms with Crippen molar-refractivity contribution in [3.63, 3.8) is 0 Å². The summed E-state index contributed by atoms with van der Waals surface area (Å²) in [6, 6.07) is 18.2. The lowest BCUT2D eigenvalue weighted by Crippen LogP contribution is -2.49. The number of benzene rings is 3. The average molecular weight is 653 g/mol. The standard InChI is InChI=1S/C32H31Cl3F3N3O2/c33-26-11-12-27(34)29(35)23(26)19-28(42)41-17-15-40(16-18-41)14-6-5-13-31(30(43)39-20-32(36,37)38)24-9-3-1-7-21(24)22-8-2-4-10-25(22)31/h1-4,7-12H,5-6,13-20H2,(H,39,43). The summed E-state index contributed by atoms with van der Waals surface area (Å²) in [7, 11) is 0. The Balaban J connectivity index is 1.21. The van der Waals surface area contributed by atoms with Gasteiger partial charge in [-0.25, -0.2) is 0 Å². The molecule has 0 bridgehead atoms. The highest BCUT2D eigenvalue weighted by molar-refractivity contribution is 6.44. The molecule has 5 nitrogen and oxygen atoms in total. The molecule has 0 aromatic heterocycles. The van der Waals surface area contributed by atoms with E-state index in [-0.39, 0.29) is 12.3 Å². The second kappa shape index (κ2) is 13.1. The lowest BCUT2D eigenvalue weighted by Gasteiger charge is -2.35. The number of halogens is 6. The summed E-state index contributed by atoms with van der Waals surface area (Å²) in [6.45, 7) is 1.85. The van der Waals surface area contributed by atoms with Crippen LogP contribution in [0.15, 0.2) is 60.7 Å². The molecule has 228 valence electrons. The van der Waals surface area contributed by atoms with Crippen LogP contribution in [0.4, 0.5) is 13.2 Å². The lowest BCUT2D eigenvalue weighted by atomic mass is 9.73. The zero-order valence-electron chi connectivity index (χ0n) is 23.3. The van der Waals surface area contributed by atoms with Gasteiger partial charge in [0.25, 0.3) is 0 Å². The van der Waals surface area contributed by atoms with Crippen molar-refractivity contribution in [2.75, 3.05) is 39.3 Å². The number of piperazine rings is 1. The molecule has 1 aliphatic carbocycles. The van der Waals surface area contributed by atoms with Crippen LogP contribution in [-0.2, 0) is 21.4 Å². The predicted molar refractivity (Wildman–Crippen MR) is 164 cm³/mol. The van der Waals surface area contributed by atoms with Gasteiger partial charge >= 0.3 is 6.18 Å². The number of carbonyl (C=O) groups excluding carboxylic acids is 2. The summed E-state index contributed by atoms with van der Waals surface area (Å²) in [5.74, 6) is -0.703. The Bertz CT molecular complexity index is 1460. The van der Waals surface area contributed by atoms with Crippen molar-refractivity contribution in [2.24, 2.45) is 0 Å². The molecule has 2 aliphatic rings. The summed E-state index contributed by atoms with van der Waals surface area (Å²) in [5, 5.41) is 3.23. The van der Waals surface area contributed by atoms with Gasteiger partial charge in [-0.1, -0.05) is 89.8 Å². The Morgan fingerprint density at radius 1 is 0.814 bits per heavy atom. The van der Waals surface area contributed by atoms with E-state index >= 15 is 0 Å². The Labute approximate surface area is 263 Å². The Hall–Kier alpha value is -2.78. The first-order valence-electron chi connectivity index (χ1n) is 14.2. The highest BCUT2D eigenvalue weighted by Gasteiger charge is 2.49. The summed E-state index contributed by atoms with van der Waals surface area (Å²) < 4.78 is 39.3. The van der Waals surface area contributed by atoms with E-state index in [2.05, 4.69) is 10.2 Å². The van der Waals surface area contributed by atoms with Gasteiger partial charge in [-0.3, -0.25) is 14.5 Å². The van der Waals surface area contributed by atoms with Crippen LogP contribution in [0.5, 0.6) is 0 Å². The fourth-order valence-corrected chi connectivity index (χ4v) is 6.91. The number of amides is 2. The molecule has 1 fully saturated rings. The van der Waals surface area contributed by atoms with Crippen molar-refractivity contribution in [1.29, 1.82) is 0 Å². The smallest absolute Gasteiger partial charge is 0.346 e. The summed E-state index contributed by atoms with van der Waals surface area (Å²) in [4.78, 5) is 30.6. The van der Waals surface area contributed by atoms with Crippen molar-refractivity contribution in [3.8, 4) is 11.1 Å². The fraction of sp³-hybridized carbons (Fsp3) is 0.375. The number of carbonyl (C=O) groups is 2. The minimum Gasteiger partial charge on any atom is -0.346 e. The number of rotatable bonds is 9. The Kier molecular flexibility index (Phi) is 9.61. The van der Waals surface area contributed by atoms with E-state index in [0.29, 0.717) is 59.7 Å². The molecule has 5 rings (SSSR count). The molecule has 1 N–H and O–H groups in total. The first kappa shape index (κ1) is 31.6. The van der Waals surface area contributed by atoms with Crippen LogP contribution < -0.4 is 5.32 Å². The Morgan fingerprint density at radius 3 is 2.00 bits per heavy atom. The number of hydrogen-bond acceptors (Lipinski definition) is 3. The van der Waals surface area contributed by atoms with Crippen LogP contribution in [0.2, 0.25) is 15.1 Å². The normalized spacial score (nSPS) is 16.1. The zero-order chi connectivity index (χ0) is 30.8. The van der Waals surface area contributed by atoms with Gasteiger partial charge in [-0.05, 0) is 53.8 Å². The van der Waals surface area contributed by atoms with E-state index in [4.69, 9.17) is 34.8 Å². The third kappa shape index (κ3) is 6.68. The van der Waals surface area contributed by atoms with E-state index < -0.39 is 24.0 Å². The lowest BCUT2D eigenvalue weighted by molar-refractivity contribution is -0.141. The van der Waals surface area contributed by atoms with Gasteiger partial charge in [0.05, 0.1) is 16.5 Å². The second-order valence-electron chi connectivity index (χ2n) is 11.0. The molecule has 1 heterocycles. The zero-order valence-corrected chi connectivity index (χ0v) is 25.6. The van der Waals surface area contributed by atoms with Crippen LogP contribution in [0.3, 0.4) is 0 Å². The van der Waals surface area contributed by atoms with Gasteiger partial charge in [0, 0.05) is 36.8 Å². The first-order valence-corrected chi connectivity index (χ1v) is 15.3. The molecular weight excluding hydrogens is 622 g/mol. The number of unbranched alkanes of at least 4 members (excludes halogenated alkanes) is 1. The van der Waals surface area contributed by atoms with Gasteiger partial charge in [0.2, 0.25) is 11.8 Å². The number of nitrogens with one attached hydrogen (secondary N) is 1. The molecule has 0 atom stereocenters. The van der Waals surface area contributed by atoms with E-state index in [9.17, 15) is 22.8 Å². The average Bonchev–Trinajstić information content (AvgIpc) is 3.29. The van der Waals surface area contributed by atoms with Crippen molar-refractivity contribution >= 4 is 46.6 Å². The second-order valence-corrected chi connectivity index (χ2v) is 12.2. The van der Waals surface area contributed by atoms with Gasteiger partial charge in [-0.2, -0.15) is 13.2 Å². The molecule has 3 aromatic carbocycles. The largest absolute Gasteiger partial charge is 0.405 e. The quantitative estimate of drug-likeness (QED) is 0.197. The highest BCUT2D eigenvalue weighted by atomic mass is 35.5. The fourth-order valence-electron chi connectivity index (χ4n) is 6.22. The molecule has 1 aliphatic heterocycles. The van der Waals surface area contributed by atoms with E-state index in [0.717, 1.165) is 35.2 Å². The van der Waals surface area contributed by atoms with Crippen LogP contribution in [0, 0.1) is 0 Å². The van der Waals surface area contributed by atoms with Gasteiger partial charge in [-0.15, -0.1) is 0 Å². The van der Waals surface area contributed by atoms with Crippen molar-refractivity contribution in [3.05, 3.63) is 92.4 Å². The molecule has 0 spiro atoms. The molecule has 1 saturated heterocycles. The molecule has 3 aromatic rings. The number of fused-ring (bicyclic) bond motifs is 3. The number of nitrogens with zero attached hydrogens (tertiary/aromatic N) is 2. The third-order valence-corrected chi connectivity index (χ3v) is 9.57. The summed E-state index contributed by atoms with van der Waals surface area (Å²) in [6.07, 6.45) is -2.68. The SMILES string of the molecule is O=C(Cc1c(Cl)ccc(Cl)c1Cl)N1CCN(CCCCC2(C(=O)NCC(F)(F)F)c3ccccc3-c3ccccc32)CC1. The van der Waals surface area contributed by atoms with Crippen LogP contribution in [0.1, 0.15) is 36.0 Å².